The van der Waals surface area contributed by atoms with E-state index in [2.05, 4.69) is 15.3 Å². The van der Waals surface area contributed by atoms with Gasteiger partial charge >= 0.3 is 0 Å². The normalized spacial score (nSPS) is 12.6. The summed E-state index contributed by atoms with van der Waals surface area (Å²) in [6, 6.07) is 5.05. The zero-order valence-electron chi connectivity index (χ0n) is 10.2. The average molecular weight is 246 g/mol. The van der Waals surface area contributed by atoms with Crippen LogP contribution in [0.3, 0.4) is 0 Å². The van der Waals surface area contributed by atoms with Crippen molar-refractivity contribution in [2.24, 2.45) is 5.18 Å². The summed E-state index contributed by atoms with van der Waals surface area (Å²) in [6.07, 6.45) is 1.97. The molecule has 0 saturated heterocycles. The van der Waals surface area contributed by atoms with Crippen molar-refractivity contribution < 1.29 is 5.11 Å². The van der Waals surface area contributed by atoms with Gasteiger partial charge in [-0.2, -0.15) is 5.10 Å². The van der Waals surface area contributed by atoms with E-state index in [9.17, 15) is 10.0 Å². The Labute approximate surface area is 104 Å². The Bertz CT molecular complexity index is 537. The highest BCUT2D eigenvalue weighted by Crippen LogP contribution is 2.34. The Morgan fingerprint density at radius 1 is 1.39 bits per heavy atom. The third kappa shape index (κ3) is 2.09. The molecule has 1 aromatic carbocycles. The van der Waals surface area contributed by atoms with Gasteiger partial charge in [0.05, 0.1) is 0 Å². The number of aromatic hydroxyl groups is 1. The molecule has 2 rings (SSSR count). The molecule has 0 radical (unpaired) electrons. The molecule has 6 heteroatoms. The molecule has 1 atom stereocenters. The zero-order valence-corrected chi connectivity index (χ0v) is 10.2. The van der Waals surface area contributed by atoms with Crippen LogP contribution >= 0.6 is 0 Å². The lowest BCUT2D eigenvalue weighted by molar-refractivity contribution is 0.457. The number of nitrogens with zero attached hydrogens (tertiary/aromatic N) is 4. The maximum Gasteiger partial charge on any atom is 0.210 e. The van der Waals surface area contributed by atoms with Crippen molar-refractivity contribution >= 4 is 0 Å². The molecule has 0 saturated carbocycles. The molecule has 1 N–H and O–H groups in total. The third-order valence-corrected chi connectivity index (χ3v) is 2.76. The van der Waals surface area contributed by atoms with Crippen molar-refractivity contribution in [2.45, 2.75) is 25.9 Å². The highest BCUT2D eigenvalue weighted by molar-refractivity contribution is 5.43. The van der Waals surface area contributed by atoms with Gasteiger partial charge in [-0.1, -0.05) is 26.0 Å². The Balaban J connectivity index is 2.56. The summed E-state index contributed by atoms with van der Waals surface area (Å²) in [7, 11) is 0. The molecule has 0 bridgehead atoms. The molecule has 2 aromatic rings. The molecule has 0 aliphatic carbocycles. The summed E-state index contributed by atoms with van der Waals surface area (Å²) in [6.45, 7) is 3.89. The highest BCUT2D eigenvalue weighted by Gasteiger charge is 2.22. The topological polar surface area (TPSA) is 80.4 Å². The van der Waals surface area contributed by atoms with Gasteiger partial charge in [-0.25, -0.2) is 9.67 Å². The van der Waals surface area contributed by atoms with E-state index in [4.69, 9.17) is 0 Å². The van der Waals surface area contributed by atoms with Gasteiger partial charge in [-0.3, -0.25) is 0 Å². The van der Waals surface area contributed by atoms with E-state index in [-0.39, 0.29) is 11.7 Å². The van der Waals surface area contributed by atoms with Gasteiger partial charge in [0.2, 0.25) is 6.17 Å². The average Bonchev–Trinajstić information content (AvgIpc) is 2.83. The number of aromatic nitrogens is 3. The molecule has 0 aliphatic rings. The van der Waals surface area contributed by atoms with Crippen LogP contribution in [-0.2, 0) is 0 Å². The monoisotopic (exact) mass is 246 g/mol. The Morgan fingerprint density at radius 3 is 2.72 bits per heavy atom. The summed E-state index contributed by atoms with van der Waals surface area (Å²) in [4.78, 5) is 14.9. The molecule has 94 valence electrons. The lowest BCUT2D eigenvalue weighted by atomic mass is 9.94. The number of rotatable bonds is 4. The minimum absolute atomic E-state index is 0.0778. The molecule has 18 heavy (non-hydrogen) atoms. The summed E-state index contributed by atoms with van der Waals surface area (Å²) in [5, 5.41) is 16.9. The minimum atomic E-state index is -0.808. The molecular formula is C12H14N4O2. The second-order valence-electron chi connectivity index (χ2n) is 4.29. The van der Waals surface area contributed by atoms with Crippen LogP contribution in [0.25, 0.3) is 0 Å². The summed E-state index contributed by atoms with van der Waals surface area (Å²) in [5.41, 5.74) is 1.35. The molecule has 1 aromatic heterocycles. The standard InChI is InChI=1S/C12H14N4O2/c1-8(2)11-9(4-3-5-10(11)17)12(15-18)16-7-13-6-14-16/h3-8,12,17H,1-2H3. The van der Waals surface area contributed by atoms with Crippen LogP contribution in [0.15, 0.2) is 36.0 Å². The van der Waals surface area contributed by atoms with Crippen molar-refractivity contribution in [1.82, 2.24) is 14.8 Å². The molecule has 6 nitrogen and oxygen atoms in total. The smallest absolute Gasteiger partial charge is 0.210 e. The van der Waals surface area contributed by atoms with Crippen LogP contribution in [0.5, 0.6) is 5.75 Å². The van der Waals surface area contributed by atoms with Crippen LogP contribution in [0.4, 0.5) is 0 Å². The van der Waals surface area contributed by atoms with E-state index < -0.39 is 6.17 Å². The van der Waals surface area contributed by atoms with Crippen molar-refractivity contribution in [3.63, 3.8) is 0 Å². The van der Waals surface area contributed by atoms with Crippen molar-refractivity contribution in [3.8, 4) is 5.75 Å². The molecule has 0 amide bonds. The number of benzene rings is 1. The van der Waals surface area contributed by atoms with E-state index in [0.29, 0.717) is 11.1 Å². The zero-order chi connectivity index (χ0) is 13.1. The van der Waals surface area contributed by atoms with E-state index in [0.717, 1.165) is 0 Å². The van der Waals surface area contributed by atoms with E-state index >= 15 is 0 Å². The Hall–Kier alpha value is -2.24. The van der Waals surface area contributed by atoms with Gasteiger partial charge in [0.1, 0.15) is 18.4 Å². The number of hydrogen-bond acceptors (Lipinski definition) is 5. The number of nitroso groups, excluding NO2 is 1. The van der Waals surface area contributed by atoms with Gasteiger partial charge in [0, 0.05) is 11.1 Å². The Kier molecular flexibility index (Phi) is 3.36. The predicted molar refractivity (Wildman–Crippen MR) is 66.2 cm³/mol. The molecule has 1 unspecified atom stereocenters. The molecular weight excluding hydrogens is 232 g/mol. The molecule has 0 spiro atoms. The number of hydrogen-bond donors (Lipinski definition) is 1. The fourth-order valence-electron chi connectivity index (χ4n) is 2.02. The van der Waals surface area contributed by atoms with Gasteiger partial charge in [-0.05, 0) is 17.2 Å². The fourth-order valence-corrected chi connectivity index (χ4v) is 2.02. The van der Waals surface area contributed by atoms with Crippen LogP contribution < -0.4 is 0 Å². The Morgan fingerprint density at radius 2 is 2.17 bits per heavy atom. The lowest BCUT2D eigenvalue weighted by Gasteiger charge is -2.17. The summed E-state index contributed by atoms with van der Waals surface area (Å²) >= 11 is 0. The minimum Gasteiger partial charge on any atom is -0.508 e. The van der Waals surface area contributed by atoms with Crippen LogP contribution in [0.2, 0.25) is 0 Å². The first-order valence-electron chi connectivity index (χ1n) is 5.63. The first-order valence-corrected chi connectivity index (χ1v) is 5.63. The van der Waals surface area contributed by atoms with Gasteiger partial charge in [0.25, 0.3) is 0 Å². The summed E-state index contributed by atoms with van der Waals surface area (Å²) < 4.78 is 1.37. The van der Waals surface area contributed by atoms with Gasteiger partial charge in [-0.15, -0.1) is 4.91 Å². The van der Waals surface area contributed by atoms with Crippen molar-refractivity contribution in [1.29, 1.82) is 0 Å². The molecule has 1 heterocycles. The fraction of sp³-hybridized carbons (Fsp3) is 0.333. The van der Waals surface area contributed by atoms with Gasteiger partial charge < -0.3 is 5.11 Å². The number of phenols is 1. The quantitative estimate of drug-likeness (QED) is 0.840. The molecule has 0 aliphatic heterocycles. The second kappa shape index (κ2) is 4.95. The maximum absolute atomic E-state index is 11.1. The predicted octanol–water partition coefficient (Wildman–Crippen LogP) is 2.42. The largest absolute Gasteiger partial charge is 0.508 e. The highest BCUT2D eigenvalue weighted by atomic mass is 16.3. The van der Waals surface area contributed by atoms with Crippen LogP contribution in [-0.4, -0.2) is 19.9 Å². The SMILES string of the molecule is CC(C)c1c(O)cccc1C(N=O)n1cncn1. The lowest BCUT2D eigenvalue weighted by Crippen LogP contribution is -2.11. The molecule has 0 fully saturated rings. The van der Waals surface area contributed by atoms with E-state index in [1.807, 2.05) is 13.8 Å². The van der Waals surface area contributed by atoms with E-state index in [1.54, 1.807) is 18.2 Å². The van der Waals surface area contributed by atoms with Gasteiger partial charge in [0.15, 0.2) is 0 Å². The number of phenolic OH excluding ortho intramolecular Hbond substituents is 1. The third-order valence-electron chi connectivity index (χ3n) is 2.76. The second-order valence-corrected chi connectivity index (χ2v) is 4.29. The van der Waals surface area contributed by atoms with Crippen molar-refractivity contribution in [3.05, 3.63) is 46.9 Å². The van der Waals surface area contributed by atoms with E-state index in [1.165, 1.54) is 17.3 Å². The van der Waals surface area contributed by atoms with Crippen LogP contribution in [0.1, 0.15) is 37.1 Å². The summed E-state index contributed by atoms with van der Waals surface area (Å²) in [5.74, 6) is 0.241. The maximum atomic E-state index is 11.1. The first kappa shape index (κ1) is 12.2. The van der Waals surface area contributed by atoms with Crippen LogP contribution in [0, 0.1) is 4.91 Å². The van der Waals surface area contributed by atoms with Crippen molar-refractivity contribution in [2.75, 3.05) is 0 Å². The first-order chi connectivity index (χ1) is 8.65.